The molecule has 7 rings (SSSR count). The number of hydrogen-bond donors (Lipinski definition) is 1. The number of nitrogens with one attached hydrogen (secondary N) is 1. The standard InChI is InChI=1S/C30H36F3N7O4S/c1-28(2)17-20-5-4-14-38(3)21-6-9-25(34-18-21)45(42,43)37-27(41)22-7-8-23(35-26(22)39(28)19-20)40-15-10-24(36-40)44-16-13-29(11-12-29)30(31,32)33/h6-10,15,18,20H,4-5,11-14,16-17,19H2,1-3H3,(H,37,41). The van der Waals surface area contributed by atoms with Crippen LogP contribution >= 0.6 is 0 Å². The van der Waals surface area contributed by atoms with Crippen LogP contribution in [0.3, 0.4) is 0 Å². The van der Waals surface area contributed by atoms with E-state index in [1.54, 1.807) is 12.3 Å². The molecule has 1 amide bonds. The first-order valence-electron chi connectivity index (χ1n) is 15.0. The maximum atomic E-state index is 13.6. The van der Waals surface area contributed by atoms with Gasteiger partial charge in [-0.3, -0.25) is 4.79 Å². The molecule has 2 fully saturated rings. The molecule has 0 spiro atoms. The third-order valence-corrected chi connectivity index (χ3v) is 10.4. The fourth-order valence-electron chi connectivity index (χ4n) is 6.32. The third-order valence-electron chi connectivity index (χ3n) is 9.17. The van der Waals surface area contributed by atoms with Crippen LogP contribution in [0.1, 0.15) is 62.7 Å². The number of alkyl halides is 3. The zero-order valence-corrected chi connectivity index (χ0v) is 26.2. The molecule has 0 aromatic carbocycles. The van der Waals surface area contributed by atoms with Crippen LogP contribution in [0.5, 0.6) is 5.88 Å². The predicted octanol–water partition coefficient (Wildman–Crippen LogP) is 4.73. The number of rotatable bonds is 5. The average molecular weight is 648 g/mol. The van der Waals surface area contributed by atoms with E-state index in [1.807, 2.05) is 16.8 Å². The van der Waals surface area contributed by atoms with Gasteiger partial charge in [0, 0.05) is 37.9 Å². The van der Waals surface area contributed by atoms with Crippen molar-refractivity contribution < 1.29 is 31.1 Å². The highest BCUT2D eigenvalue weighted by Gasteiger charge is 2.62. The second-order valence-electron chi connectivity index (χ2n) is 12.9. The summed E-state index contributed by atoms with van der Waals surface area (Å²) in [4.78, 5) is 26.5. The molecule has 1 atom stereocenters. The van der Waals surface area contributed by atoms with Crippen LogP contribution in [0, 0.1) is 11.3 Å². The van der Waals surface area contributed by atoms with Gasteiger partial charge in [0.1, 0.15) is 5.82 Å². The Morgan fingerprint density at radius 3 is 2.60 bits per heavy atom. The molecule has 0 radical (unpaired) electrons. The van der Waals surface area contributed by atoms with Crippen LogP contribution in [0.15, 0.2) is 47.8 Å². The van der Waals surface area contributed by atoms with E-state index in [-0.39, 0.29) is 42.3 Å². The van der Waals surface area contributed by atoms with Gasteiger partial charge in [-0.2, -0.15) is 21.6 Å². The van der Waals surface area contributed by atoms with Crippen molar-refractivity contribution in [2.24, 2.45) is 11.3 Å². The van der Waals surface area contributed by atoms with Crippen LogP contribution in [0.2, 0.25) is 0 Å². The summed E-state index contributed by atoms with van der Waals surface area (Å²) in [7, 11) is -2.35. The highest BCUT2D eigenvalue weighted by atomic mass is 32.2. The number of sulfonamides is 1. The van der Waals surface area contributed by atoms with Crippen molar-refractivity contribution in [3.05, 3.63) is 48.3 Å². The number of carbonyl (C=O) groups excluding carboxylic acids is 1. The molecule has 11 nitrogen and oxygen atoms in total. The third kappa shape index (κ3) is 6.18. The monoisotopic (exact) mass is 647 g/mol. The fraction of sp³-hybridized carbons (Fsp3) is 0.533. The topological polar surface area (TPSA) is 123 Å². The van der Waals surface area contributed by atoms with E-state index in [1.165, 1.54) is 35.1 Å². The Kier molecular flexibility index (Phi) is 7.73. The molecule has 45 heavy (non-hydrogen) atoms. The van der Waals surface area contributed by atoms with Gasteiger partial charge in [0.2, 0.25) is 5.88 Å². The van der Waals surface area contributed by atoms with Gasteiger partial charge in [0.15, 0.2) is 10.8 Å². The Morgan fingerprint density at radius 1 is 1.13 bits per heavy atom. The summed E-state index contributed by atoms with van der Waals surface area (Å²) in [5.41, 5.74) is -1.21. The van der Waals surface area contributed by atoms with E-state index in [4.69, 9.17) is 9.72 Å². The zero-order chi connectivity index (χ0) is 32.2. The minimum Gasteiger partial charge on any atom is -0.477 e. The number of carbonyl (C=O) groups is 1. The highest BCUT2D eigenvalue weighted by Crippen LogP contribution is 2.59. The van der Waals surface area contributed by atoms with E-state index < -0.39 is 33.1 Å². The van der Waals surface area contributed by atoms with Gasteiger partial charge in [-0.1, -0.05) is 0 Å². The molecule has 15 heteroatoms. The molecule has 1 unspecified atom stereocenters. The van der Waals surface area contributed by atoms with Crippen molar-refractivity contribution in [2.75, 3.05) is 36.5 Å². The van der Waals surface area contributed by atoms with Gasteiger partial charge >= 0.3 is 6.18 Å². The molecule has 1 saturated heterocycles. The normalized spacial score (nSPS) is 22.2. The Hall–Kier alpha value is -3.88. The van der Waals surface area contributed by atoms with Gasteiger partial charge in [0.05, 0.1) is 29.5 Å². The molecule has 242 valence electrons. The zero-order valence-electron chi connectivity index (χ0n) is 25.3. The first-order chi connectivity index (χ1) is 21.2. The number of fused-ring (bicyclic) bond motifs is 7. The van der Waals surface area contributed by atoms with Crippen LogP contribution in [0.4, 0.5) is 24.7 Å². The Labute approximate surface area is 259 Å². The molecule has 3 aliphatic heterocycles. The van der Waals surface area contributed by atoms with Crippen molar-refractivity contribution in [1.29, 1.82) is 0 Å². The van der Waals surface area contributed by atoms with E-state index in [0.717, 1.165) is 31.5 Å². The number of aromatic nitrogens is 4. The Bertz CT molecular complexity index is 1690. The molecule has 1 saturated carbocycles. The van der Waals surface area contributed by atoms with Gasteiger partial charge in [-0.15, -0.1) is 5.10 Å². The van der Waals surface area contributed by atoms with Crippen molar-refractivity contribution in [2.45, 2.75) is 69.1 Å². The Morgan fingerprint density at radius 2 is 1.91 bits per heavy atom. The number of halogens is 3. The summed E-state index contributed by atoms with van der Waals surface area (Å²) >= 11 is 0. The van der Waals surface area contributed by atoms with Crippen LogP contribution in [-0.4, -0.2) is 72.5 Å². The number of nitrogens with zero attached hydrogens (tertiary/aromatic N) is 6. The summed E-state index contributed by atoms with van der Waals surface area (Å²) in [6.07, 6.45) is 1.58. The van der Waals surface area contributed by atoms with Crippen LogP contribution in [-0.2, 0) is 10.0 Å². The number of hydrogen-bond acceptors (Lipinski definition) is 9. The second kappa shape index (κ2) is 11.2. The molecular weight excluding hydrogens is 611 g/mol. The summed E-state index contributed by atoms with van der Waals surface area (Å²) in [5.74, 6) is 0.250. The maximum absolute atomic E-state index is 13.6. The number of amides is 1. The summed E-state index contributed by atoms with van der Waals surface area (Å²) in [5, 5.41) is 4.07. The lowest BCUT2D eigenvalue weighted by molar-refractivity contribution is -0.190. The maximum Gasteiger partial charge on any atom is 0.394 e. The van der Waals surface area contributed by atoms with Gasteiger partial charge in [-0.05, 0) is 82.6 Å². The smallest absolute Gasteiger partial charge is 0.394 e. The lowest BCUT2D eigenvalue weighted by atomic mass is 9.93. The first kappa shape index (κ1) is 31.1. The van der Waals surface area contributed by atoms with Gasteiger partial charge in [0.25, 0.3) is 15.9 Å². The quantitative estimate of drug-likeness (QED) is 0.419. The van der Waals surface area contributed by atoms with Crippen molar-refractivity contribution in [3.63, 3.8) is 0 Å². The van der Waals surface area contributed by atoms with Crippen molar-refractivity contribution >= 4 is 27.4 Å². The molecule has 4 aliphatic rings. The minimum absolute atomic E-state index is 0.0741. The number of ether oxygens (including phenoxy) is 1. The Balaban J connectivity index is 1.30. The molecular formula is C30H36F3N7O4S. The van der Waals surface area contributed by atoms with Crippen LogP contribution < -0.4 is 19.3 Å². The van der Waals surface area contributed by atoms with E-state index in [2.05, 4.69) is 28.7 Å². The number of anilines is 2. The summed E-state index contributed by atoms with van der Waals surface area (Å²) in [6, 6.07) is 7.62. The second-order valence-corrected chi connectivity index (χ2v) is 14.5. The average Bonchev–Trinajstić information content (AvgIpc) is 3.53. The first-order valence-corrected chi connectivity index (χ1v) is 16.4. The van der Waals surface area contributed by atoms with Crippen molar-refractivity contribution in [3.8, 4) is 11.7 Å². The van der Waals surface area contributed by atoms with E-state index in [9.17, 15) is 26.4 Å². The molecule has 6 heterocycles. The molecule has 1 N–H and O–H groups in total. The van der Waals surface area contributed by atoms with Gasteiger partial charge in [-0.25, -0.2) is 19.4 Å². The highest BCUT2D eigenvalue weighted by molar-refractivity contribution is 7.90. The molecule has 3 aromatic heterocycles. The largest absolute Gasteiger partial charge is 0.477 e. The van der Waals surface area contributed by atoms with Crippen LogP contribution in [0.25, 0.3) is 5.82 Å². The fourth-order valence-corrected chi connectivity index (χ4v) is 7.22. The summed E-state index contributed by atoms with van der Waals surface area (Å²) < 4.78 is 75.3. The van der Waals surface area contributed by atoms with Crippen molar-refractivity contribution in [1.82, 2.24) is 24.5 Å². The predicted molar refractivity (Wildman–Crippen MR) is 160 cm³/mol. The van der Waals surface area contributed by atoms with E-state index in [0.29, 0.717) is 24.1 Å². The van der Waals surface area contributed by atoms with Gasteiger partial charge < -0.3 is 14.5 Å². The lowest BCUT2D eigenvalue weighted by Crippen LogP contribution is -2.41. The number of pyridine rings is 2. The SMILES string of the molecule is CN1CCCC2CN(c3nc(-n4ccc(OCCC5(C(F)(F)F)CC5)n4)ccc3C(=O)NS(=O)(=O)c3ccc1cn3)C(C)(C)C2. The lowest BCUT2D eigenvalue weighted by Gasteiger charge is -2.34. The minimum atomic E-state index is -4.29. The molecule has 4 bridgehead atoms. The van der Waals surface area contributed by atoms with E-state index >= 15 is 0 Å². The molecule has 3 aromatic rings. The molecule has 1 aliphatic carbocycles. The summed E-state index contributed by atoms with van der Waals surface area (Å²) in [6.45, 7) is 5.39.